The zero-order valence-electron chi connectivity index (χ0n) is 42.3. The third-order valence-corrected chi connectivity index (χ3v) is 16.4. The number of hydrogen-bond acceptors (Lipinski definition) is 3. The van der Waals surface area contributed by atoms with E-state index in [4.69, 9.17) is 9.72 Å². The van der Waals surface area contributed by atoms with Crippen molar-refractivity contribution >= 4 is 64.3 Å². The summed E-state index contributed by atoms with van der Waals surface area (Å²) >= 11 is 1.86. The topological polar surface area (TPSA) is 35.9 Å². The van der Waals surface area contributed by atoms with Crippen molar-refractivity contribution in [2.45, 2.75) is 26.2 Å². The maximum Gasteiger partial charge on any atom is 0.268 e. The molecule has 0 bridgehead atoms. The fourth-order valence-corrected chi connectivity index (χ4v) is 12.8. The van der Waals surface area contributed by atoms with Gasteiger partial charge >= 0.3 is 0 Å². The molecule has 0 saturated carbocycles. The summed E-state index contributed by atoms with van der Waals surface area (Å²) in [5.74, 6) is 1.99. The third-order valence-electron chi connectivity index (χ3n) is 15.1. The quantitative estimate of drug-likeness (QED) is 0.123. The van der Waals surface area contributed by atoms with Crippen LogP contribution in [0.15, 0.2) is 225 Å². The van der Waals surface area contributed by atoms with Crippen molar-refractivity contribution in [1.82, 2.24) is 14.1 Å². The number of para-hydroxylation sites is 3. The molecular formula is C70H46N4OPtS-2. The molecule has 1 aliphatic rings. The van der Waals surface area contributed by atoms with Gasteiger partial charge in [-0.25, -0.2) is 4.98 Å². The van der Waals surface area contributed by atoms with Crippen LogP contribution in [0, 0.1) is 18.5 Å². The van der Waals surface area contributed by atoms with E-state index in [9.17, 15) is 0 Å². The van der Waals surface area contributed by atoms with E-state index in [0.29, 0.717) is 11.5 Å². The zero-order chi connectivity index (χ0) is 50.6. The van der Waals surface area contributed by atoms with Crippen LogP contribution < -0.4 is 9.30 Å². The Balaban J connectivity index is 0.00000540. The average molecular weight is 1190 g/mol. The van der Waals surface area contributed by atoms with Crippen molar-refractivity contribution in [3.05, 3.63) is 249 Å². The predicted octanol–water partition coefficient (Wildman–Crippen LogP) is 17.9. The molecule has 5 heterocycles. The second kappa shape index (κ2) is 18.3. The molecule has 7 heteroatoms. The maximum atomic E-state index is 6.80. The summed E-state index contributed by atoms with van der Waals surface area (Å²) in [4.78, 5) is 4.90. The van der Waals surface area contributed by atoms with Gasteiger partial charge in [0.15, 0.2) is 0 Å². The number of pyridine rings is 1. The summed E-state index contributed by atoms with van der Waals surface area (Å²) in [5.41, 5.74) is 18.5. The van der Waals surface area contributed by atoms with Crippen LogP contribution >= 0.6 is 11.3 Å². The molecule has 10 aromatic carbocycles. The van der Waals surface area contributed by atoms with Gasteiger partial charge < -0.3 is 13.9 Å². The second-order valence-electron chi connectivity index (χ2n) is 20.7. The number of nitrogens with zero attached hydrogens (tertiary/aromatic N) is 4. The number of hydrogen-bond donors (Lipinski definition) is 0. The van der Waals surface area contributed by atoms with Gasteiger partial charge in [0, 0.05) is 70.0 Å². The molecule has 14 aromatic rings. The summed E-state index contributed by atoms with van der Waals surface area (Å²) in [6.45, 7) is 6.69. The molecule has 5 nitrogen and oxygen atoms in total. The molecule has 0 aliphatic carbocycles. The summed E-state index contributed by atoms with van der Waals surface area (Å²) < 4.78 is 16.0. The third kappa shape index (κ3) is 7.61. The number of benzene rings is 10. The van der Waals surface area contributed by atoms with E-state index in [1.54, 1.807) is 0 Å². The van der Waals surface area contributed by atoms with Gasteiger partial charge in [0.2, 0.25) is 0 Å². The van der Waals surface area contributed by atoms with Crippen molar-refractivity contribution in [2.24, 2.45) is 0 Å². The Morgan fingerprint density at radius 2 is 1.13 bits per heavy atom. The van der Waals surface area contributed by atoms with Crippen LogP contribution in [-0.2, 0) is 26.5 Å². The standard InChI is InChI=1S/C70H46N4OS.Pt/c1-70(2,3)46-36-37-71-66(40-46)74-62-31-13-11-26-55(62)56-35-34-49(42-64(56)74)75-48-21-15-20-47(41-48)72-43-73-67-50(45-38-60(44-18-5-4-6-19-44)69-61(39-45)57-27-12-14-33-65(57)76-69)28-16-29-58(67)53-24-9-7-22-51(53)52-23-8-10-25-54(52)59-30-17-32-63(72)68(59)73;/h4-40H,1-3H3;/q-2;. The van der Waals surface area contributed by atoms with E-state index >= 15 is 0 Å². The number of rotatable bonds is 6. The normalized spacial score (nSPS) is 12.0. The molecule has 0 unspecified atom stereocenters. The molecule has 370 valence electrons. The molecule has 0 spiro atoms. The summed E-state index contributed by atoms with van der Waals surface area (Å²) in [6, 6.07) is 85.8. The fourth-order valence-electron chi connectivity index (χ4n) is 11.6. The van der Waals surface area contributed by atoms with Crippen LogP contribution in [0.1, 0.15) is 26.3 Å². The van der Waals surface area contributed by atoms with Gasteiger partial charge in [-0.05, 0) is 109 Å². The van der Waals surface area contributed by atoms with E-state index in [2.05, 4.69) is 253 Å². The monoisotopic (exact) mass is 1190 g/mol. The minimum Gasteiger partial charge on any atom is -0.510 e. The average Bonchev–Trinajstić information content (AvgIpc) is 4.16. The molecule has 0 amide bonds. The SMILES string of the molecule is CC(C)(C)c1ccnc(-n2c3[c-]c(Oc4[c-]c(-n5[c-][n+]6c7c(cccc75)-c5ccccc5-c5ccccc5-c5cccc(-c7cc(-c8ccccc8)c8sc9ccccc9c8c7)c5-6)ccc4)ccc3c3ccccc32)c1.[Pt]. The van der Waals surface area contributed by atoms with Crippen molar-refractivity contribution in [3.8, 4) is 84.3 Å². The Hall–Kier alpha value is -8.67. The molecule has 1 aliphatic heterocycles. The van der Waals surface area contributed by atoms with Crippen molar-refractivity contribution in [2.75, 3.05) is 0 Å². The Kier molecular flexibility index (Phi) is 11.1. The second-order valence-corrected chi connectivity index (χ2v) is 21.7. The van der Waals surface area contributed by atoms with Crippen LogP contribution in [0.25, 0.3) is 126 Å². The van der Waals surface area contributed by atoms with Crippen LogP contribution in [0.2, 0.25) is 0 Å². The van der Waals surface area contributed by atoms with Crippen molar-refractivity contribution in [3.63, 3.8) is 0 Å². The van der Waals surface area contributed by atoms with Gasteiger partial charge in [-0.2, -0.15) is 18.2 Å². The molecule has 0 atom stereocenters. The Morgan fingerprint density at radius 1 is 0.494 bits per heavy atom. The van der Waals surface area contributed by atoms with Crippen LogP contribution in [-0.4, -0.2) is 14.1 Å². The number of ether oxygens (including phenoxy) is 1. The Bertz CT molecular complexity index is 4670. The minimum atomic E-state index is -0.0446. The van der Waals surface area contributed by atoms with E-state index in [1.165, 1.54) is 48.0 Å². The first-order valence-corrected chi connectivity index (χ1v) is 26.6. The molecule has 0 fully saturated rings. The molecule has 0 radical (unpaired) electrons. The maximum absolute atomic E-state index is 6.80. The Labute approximate surface area is 464 Å². The van der Waals surface area contributed by atoms with Gasteiger partial charge in [0.05, 0.1) is 16.7 Å². The number of imidazole rings is 1. The number of fused-ring (bicyclic) bond motifs is 13. The molecule has 15 rings (SSSR count). The molecule has 77 heavy (non-hydrogen) atoms. The van der Waals surface area contributed by atoms with Crippen molar-refractivity contribution in [1.29, 1.82) is 0 Å². The first kappa shape index (κ1) is 46.8. The summed E-state index contributed by atoms with van der Waals surface area (Å²) in [6.07, 6.45) is 5.89. The van der Waals surface area contributed by atoms with Gasteiger partial charge in [-0.1, -0.05) is 178 Å². The number of aromatic nitrogens is 4. The molecular weight excluding hydrogens is 1140 g/mol. The molecule has 4 aromatic heterocycles. The molecule has 0 N–H and O–H groups in total. The van der Waals surface area contributed by atoms with Gasteiger partial charge in [0.25, 0.3) is 6.33 Å². The summed E-state index contributed by atoms with van der Waals surface area (Å²) in [5, 5.41) is 4.72. The van der Waals surface area contributed by atoms with Crippen molar-refractivity contribution < 1.29 is 30.4 Å². The largest absolute Gasteiger partial charge is 0.510 e. The smallest absolute Gasteiger partial charge is 0.268 e. The minimum absolute atomic E-state index is 0. The predicted molar refractivity (Wildman–Crippen MR) is 312 cm³/mol. The Morgan fingerprint density at radius 3 is 1.94 bits per heavy atom. The van der Waals surface area contributed by atoms with Crippen LogP contribution in [0.5, 0.6) is 11.5 Å². The van der Waals surface area contributed by atoms with E-state index in [1.807, 2.05) is 35.7 Å². The summed E-state index contributed by atoms with van der Waals surface area (Å²) in [7, 11) is 0. The molecule has 0 saturated heterocycles. The van der Waals surface area contributed by atoms with Gasteiger partial charge in [-0.3, -0.25) is 4.57 Å². The van der Waals surface area contributed by atoms with E-state index in [-0.39, 0.29) is 26.5 Å². The zero-order valence-corrected chi connectivity index (χ0v) is 45.4. The van der Waals surface area contributed by atoms with Crippen LogP contribution in [0.3, 0.4) is 0 Å². The fraction of sp³-hybridized carbons (Fsp3) is 0.0571. The van der Waals surface area contributed by atoms with Crippen LogP contribution in [0.4, 0.5) is 0 Å². The first-order valence-electron chi connectivity index (χ1n) is 25.8. The van der Waals surface area contributed by atoms with E-state index in [0.717, 1.165) is 83.4 Å². The van der Waals surface area contributed by atoms with Gasteiger partial charge in [-0.15, -0.1) is 41.0 Å². The number of thiophene rings is 1. The van der Waals surface area contributed by atoms with Gasteiger partial charge in [0.1, 0.15) is 5.82 Å². The first-order chi connectivity index (χ1) is 37.3. The van der Waals surface area contributed by atoms with E-state index < -0.39 is 0 Å².